The Balaban J connectivity index is 2.05. The second kappa shape index (κ2) is 6.27. The largest absolute Gasteiger partial charge is 0.480 e. The molecule has 1 aliphatic heterocycles. The van der Waals surface area contributed by atoms with Gasteiger partial charge in [-0.2, -0.15) is 0 Å². The maximum absolute atomic E-state index is 12.4. The summed E-state index contributed by atoms with van der Waals surface area (Å²) in [4.78, 5) is 25.0. The van der Waals surface area contributed by atoms with Gasteiger partial charge in [-0.3, -0.25) is 4.79 Å². The number of amides is 1. The molecular weight excluding hydrogens is 278 g/mol. The molecule has 1 aromatic carbocycles. The Morgan fingerprint density at radius 1 is 1.45 bits per heavy atom. The van der Waals surface area contributed by atoms with Crippen LogP contribution in [0.3, 0.4) is 0 Å². The van der Waals surface area contributed by atoms with E-state index in [1.165, 1.54) is 4.90 Å². The number of likely N-dealkylation sites (tertiary alicyclic amines) is 1. The highest BCUT2D eigenvalue weighted by molar-refractivity contribution is 6.31. The van der Waals surface area contributed by atoms with Gasteiger partial charge in [0, 0.05) is 17.5 Å². The molecule has 2 atom stereocenters. The second-order valence-electron chi connectivity index (χ2n) is 5.22. The zero-order chi connectivity index (χ0) is 14.7. The van der Waals surface area contributed by atoms with Gasteiger partial charge in [-0.15, -0.1) is 0 Å². The van der Waals surface area contributed by atoms with Crippen molar-refractivity contribution in [2.24, 2.45) is 5.92 Å². The second-order valence-corrected chi connectivity index (χ2v) is 5.63. The maximum atomic E-state index is 12.4. The molecule has 4 nitrogen and oxygen atoms in total. The fourth-order valence-corrected chi connectivity index (χ4v) is 2.86. The van der Waals surface area contributed by atoms with Gasteiger partial charge in [0.1, 0.15) is 6.04 Å². The molecular formula is C15H18ClNO3. The molecule has 1 saturated heterocycles. The Morgan fingerprint density at radius 3 is 2.80 bits per heavy atom. The van der Waals surface area contributed by atoms with Crippen LogP contribution in [0.2, 0.25) is 5.02 Å². The molecule has 108 valence electrons. The number of carboxylic acids is 1. The Morgan fingerprint density at radius 2 is 2.15 bits per heavy atom. The van der Waals surface area contributed by atoms with Gasteiger partial charge in [0.05, 0.1) is 0 Å². The van der Waals surface area contributed by atoms with Crippen LogP contribution in [0.15, 0.2) is 24.3 Å². The topological polar surface area (TPSA) is 57.6 Å². The lowest BCUT2D eigenvalue weighted by Gasteiger charge is -2.25. The quantitative estimate of drug-likeness (QED) is 0.929. The third-order valence-electron chi connectivity index (χ3n) is 3.73. The van der Waals surface area contributed by atoms with Crippen molar-refractivity contribution < 1.29 is 14.7 Å². The molecule has 0 aromatic heterocycles. The van der Waals surface area contributed by atoms with Gasteiger partial charge in [0.25, 0.3) is 0 Å². The fraction of sp³-hybridized carbons (Fsp3) is 0.467. The minimum absolute atomic E-state index is 0.102. The summed E-state index contributed by atoms with van der Waals surface area (Å²) in [5.41, 5.74) is 0.918. The summed E-state index contributed by atoms with van der Waals surface area (Å²) in [6.45, 7) is 2.35. The number of carbonyl (C=O) groups is 2. The molecule has 0 aliphatic carbocycles. The first kappa shape index (κ1) is 14.9. The molecule has 2 rings (SSSR count). The molecule has 0 spiro atoms. The number of carboxylic acid groups (broad SMARTS) is 1. The molecule has 1 heterocycles. The maximum Gasteiger partial charge on any atom is 0.326 e. The Labute approximate surface area is 123 Å². The van der Waals surface area contributed by atoms with E-state index in [1.807, 2.05) is 25.1 Å². The molecule has 0 saturated carbocycles. The van der Waals surface area contributed by atoms with E-state index >= 15 is 0 Å². The normalized spacial score (nSPS) is 19.9. The minimum Gasteiger partial charge on any atom is -0.480 e. The SMILES string of the molecule is CC(Cc1ccccc1Cl)C(=O)N1CCC[C@@H]1C(=O)O. The third-order valence-corrected chi connectivity index (χ3v) is 4.10. The lowest BCUT2D eigenvalue weighted by Crippen LogP contribution is -2.43. The van der Waals surface area contributed by atoms with Crippen molar-refractivity contribution in [1.82, 2.24) is 4.90 Å². The van der Waals surface area contributed by atoms with Crippen LogP contribution in [0.1, 0.15) is 25.3 Å². The Kier molecular flexibility index (Phi) is 4.65. The van der Waals surface area contributed by atoms with Crippen LogP contribution in [-0.2, 0) is 16.0 Å². The van der Waals surface area contributed by atoms with Gasteiger partial charge in [0.15, 0.2) is 0 Å². The lowest BCUT2D eigenvalue weighted by molar-refractivity contribution is -0.149. The number of hydrogen-bond acceptors (Lipinski definition) is 2. The van der Waals surface area contributed by atoms with Crippen LogP contribution < -0.4 is 0 Å². The monoisotopic (exact) mass is 295 g/mol. The van der Waals surface area contributed by atoms with Crippen molar-refractivity contribution in [2.75, 3.05) is 6.54 Å². The highest BCUT2D eigenvalue weighted by Crippen LogP contribution is 2.24. The number of rotatable bonds is 4. The van der Waals surface area contributed by atoms with Gasteiger partial charge in [-0.05, 0) is 30.9 Å². The average molecular weight is 296 g/mol. The van der Waals surface area contributed by atoms with Crippen LogP contribution in [0.25, 0.3) is 0 Å². The van der Waals surface area contributed by atoms with E-state index in [2.05, 4.69) is 0 Å². The molecule has 1 unspecified atom stereocenters. The molecule has 0 radical (unpaired) electrons. The van der Waals surface area contributed by atoms with E-state index in [0.29, 0.717) is 24.4 Å². The van der Waals surface area contributed by atoms with Gasteiger partial charge in [-0.1, -0.05) is 36.7 Å². The van der Waals surface area contributed by atoms with E-state index in [9.17, 15) is 9.59 Å². The fourth-order valence-electron chi connectivity index (χ4n) is 2.65. The van der Waals surface area contributed by atoms with Crippen LogP contribution in [0, 0.1) is 5.92 Å². The van der Waals surface area contributed by atoms with E-state index in [4.69, 9.17) is 16.7 Å². The van der Waals surface area contributed by atoms with Crippen molar-refractivity contribution in [2.45, 2.75) is 32.2 Å². The smallest absolute Gasteiger partial charge is 0.326 e. The van der Waals surface area contributed by atoms with Crippen LogP contribution >= 0.6 is 11.6 Å². The number of hydrogen-bond donors (Lipinski definition) is 1. The average Bonchev–Trinajstić information content (AvgIpc) is 2.89. The van der Waals surface area contributed by atoms with Crippen molar-refractivity contribution in [1.29, 1.82) is 0 Å². The zero-order valence-electron chi connectivity index (χ0n) is 11.4. The highest BCUT2D eigenvalue weighted by Gasteiger charge is 2.35. The number of benzene rings is 1. The first-order valence-electron chi connectivity index (χ1n) is 6.77. The van der Waals surface area contributed by atoms with E-state index in [0.717, 1.165) is 12.0 Å². The number of aliphatic carboxylic acids is 1. The number of nitrogens with zero attached hydrogens (tertiary/aromatic N) is 1. The predicted octanol–water partition coefficient (Wildman–Crippen LogP) is 2.59. The van der Waals surface area contributed by atoms with Gasteiger partial charge >= 0.3 is 5.97 Å². The molecule has 1 aromatic rings. The summed E-state index contributed by atoms with van der Waals surface area (Å²) in [5, 5.41) is 9.78. The third kappa shape index (κ3) is 3.12. The van der Waals surface area contributed by atoms with Crippen LogP contribution in [0.4, 0.5) is 0 Å². The molecule has 1 aliphatic rings. The molecule has 5 heteroatoms. The number of carbonyl (C=O) groups excluding carboxylic acids is 1. The summed E-state index contributed by atoms with van der Waals surface area (Å²) >= 11 is 6.09. The first-order chi connectivity index (χ1) is 9.50. The van der Waals surface area contributed by atoms with Crippen molar-refractivity contribution in [3.63, 3.8) is 0 Å². The zero-order valence-corrected chi connectivity index (χ0v) is 12.1. The lowest BCUT2D eigenvalue weighted by atomic mass is 9.99. The first-order valence-corrected chi connectivity index (χ1v) is 7.15. The van der Waals surface area contributed by atoms with E-state index < -0.39 is 12.0 Å². The molecule has 1 N–H and O–H groups in total. The minimum atomic E-state index is -0.916. The molecule has 20 heavy (non-hydrogen) atoms. The summed E-state index contributed by atoms with van der Waals surface area (Å²) in [6, 6.07) is 6.75. The summed E-state index contributed by atoms with van der Waals surface area (Å²) in [5.74, 6) is -1.29. The molecule has 1 fully saturated rings. The molecule has 1 amide bonds. The predicted molar refractivity (Wildman–Crippen MR) is 76.7 cm³/mol. The highest BCUT2D eigenvalue weighted by atomic mass is 35.5. The number of halogens is 1. The van der Waals surface area contributed by atoms with Gasteiger partial charge in [-0.25, -0.2) is 4.79 Å². The van der Waals surface area contributed by atoms with Crippen molar-refractivity contribution >= 4 is 23.5 Å². The van der Waals surface area contributed by atoms with Gasteiger partial charge < -0.3 is 10.0 Å². The summed E-state index contributed by atoms with van der Waals surface area (Å²) < 4.78 is 0. The van der Waals surface area contributed by atoms with E-state index in [-0.39, 0.29) is 11.8 Å². The Bertz CT molecular complexity index is 518. The van der Waals surface area contributed by atoms with Crippen molar-refractivity contribution in [3.05, 3.63) is 34.9 Å². The van der Waals surface area contributed by atoms with Gasteiger partial charge in [0.2, 0.25) is 5.91 Å². The summed E-state index contributed by atoms with van der Waals surface area (Å²) in [6.07, 6.45) is 1.82. The Hall–Kier alpha value is -1.55. The summed E-state index contributed by atoms with van der Waals surface area (Å²) in [7, 11) is 0. The van der Waals surface area contributed by atoms with Crippen molar-refractivity contribution in [3.8, 4) is 0 Å². The molecule has 0 bridgehead atoms. The van der Waals surface area contributed by atoms with E-state index in [1.54, 1.807) is 6.07 Å². The van der Waals surface area contributed by atoms with Crippen LogP contribution in [0.5, 0.6) is 0 Å². The van der Waals surface area contributed by atoms with Crippen LogP contribution in [-0.4, -0.2) is 34.5 Å². The standard InChI is InChI=1S/C15H18ClNO3/c1-10(9-11-5-2-3-6-12(11)16)14(18)17-8-4-7-13(17)15(19)20/h2-3,5-6,10,13H,4,7-9H2,1H3,(H,19,20)/t10?,13-/m1/s1.